The van der Waals surface area contributed by atoms with Gasteiger partial charge < -0.3 is 14.2 Å². The van der Waals surface area contributed by atoms with Gasteiger partial charge in [0.2, 0.25) is 12.7 Å². The fourth-order valence-electron chi connectivity index (χ4n) is 2.45. The van der Waals surface area contributed by atoms with E-state index in [1.807, 2.05) is 0 Å². The Labute approximate surface area is 155 Å². The second-order valence-corrected chi connectivity index (χ2v) is 6.22. The van der Waals surface area contributed by atoms with Crippen molar-refractivity contribution in [1.82, 2.24) is 0 Å². The molecule has 0 unspecified atom stereocenters. The molecular weight excluding hydrogens is 408 g/mol. The van der Waals surface area contributed by atoms with E-state index in [9.17, 15) is 14.9 Å². The van der Waals surface area contributed by atoms with Crippen LogP contribution in [0, 0.1) is 10.1 Å². The molecule has 130 valence electrons. The van der Waals surface area contributed by atoms with Crippen LogP contribution in [-0.2, 0) is 9.53 Å². The number of hydrogen-bond donors (Lipinski definition) is 0. The summed E-state index contributed by atoms with van der Waals surface area (Å²) in [6.07, 6.45) is 1.56. The summed E-state index contributed by atoms with van der Waals surface area (Å²) in [5, 5.41) is 10.7. The highest BCUT2D eigenvalue weighted by atomic mass is 79.9. The number of rotatable bonds is 3. The Morgan fingerprint density at radius 2 is 1.85 bits per heavy atom. The van der Waals surface area contributed by atoms with Gasteiger partial charge in [0.05, 0.1) is 4.92 Å². The van der Waals surface area contributed by atoms with Crippen LogP contribution in [0.5, 0.6) is 11.5 Å². The molecule has 2 heterocycles. The highest BCUT2D eigenvalue weighted by Crippen LogP contribution is 2.38. The van der Waals surface area contributed by atoms with E-state index < -0.39 is 10.9 Å². The number of ether oxygens (including phenoxy) is 3. The molecule has 9 heteroatoms. The third kappa shape index (κ3) is 2.93. The van der Waals surface area contributed by atoms with E-state index in [1.54, 1.807) is 18.2 Å². The lowest BCUT2D eigenvalue weighted by Crippen LogP contribution is -2.05. The van der Waals surface area contributed by atoms with Crippen LogP contribution in [0.3, 0.4) is 0 Å². The number of non-ortho nitro benzene ring substituents is 1. The second kappa shape index (κ2) is 6.26. The topological polar surface area (TPSA) is 100 Å². The third-order valence-electron chi connectivity index (χ3n) is 3.73. The zero-order valence-corrected chi connectivity index (χ0v) is 14.6. The number of hydrogen-bond acceptors (Lipinski definition) is 7. The number of esters is 1. The standard InChI is InChI=1S/C17H9BrN2O6/c18-12-7-15-14(24-8-25-15)6-10(12)5-13-17(21)26-16(19-13)9-1-3-11(4-2-9)20(22)23/h1-7H,8H2/b13-5+. The first-order chi connectivity index (χ1) is 12.5. The molecule has 0 spiro atoms. The number of cyclic esters (lactones) is 1. The summed E-state index contributed by atoms with van der Waals surface area (Å²) in [5.41, 5.74) is 1.20. The largest absolute Gasteiger partial charge is 0.454 e. The molecule has 0 N–H and O–H groups in total. The summed E-state index contributed by atoms with van der Waals surface area (Å²) in [6.45, 7) is 0.145. The average molecular weight is 417 g/mol. The first-order valence-electron chi connectivity index (χ1n) is 7.38. The zero-order valence-electron chi connectivity index (χ0n) is 13.0. The Morgan fingerprint density at radius 1 is 1.15 bits per heavy atom. The SMILES string of the molecule is O=C1OC(c2ccc([N+](=O)[O-])cc2)=N/C1=C/c1cc2c(cc1Br)OCO2. The summed E-state index contributed by atoms with van der Waals surface area (Å²) in [6, 6.07) is 9.07. The molecule has 2 aromatic carbocycles. The van der Waals surface area contributed by atoms with Gasteiger partial charge in [0.1, 0.15) is 0 Å². The minimum absolute atomic E-state index is 0.0567. The maximum absolute atomic E-state index is 12.1. The molecule has 26 heavy (non-hydrogen) atoms. The van der Waals surface area contributed by atoms with Gasteiger partial charge in [0, 0.05) is 22.2 Å². The molecule has 2 aromatic rings. The van der Waals surface area contributed by atoms with Crippen LogP contribution < -0.4 is 9.47 Å². The smallest absolute Gasteiger partial charge is 0.363 e. The predicted octanol–water partition coefficient (Wildman–Crippen LogP) is 3.43. The third-order valence-corrected chi connectivity index (χ3v) is 4.42. The number of carbonyl (C=O) groups excluding carboxylic acids is 1. The van der Waals surface area contributed by atoms with Gasteiger partial charge in [-0.2, -0.15) is 0 Å². The van der Waals surface area contributed by atoms with Gasteiger partial charge in [-0.15, -0.1) is 0 Å². The van der Waals surface area contributed by atoms with Crippen LogP contribution in [0.25, 0.3) is 6.08 Å². The van der Waals surface area contributed by atoms with Crippen molar-refractivity contribution in [2.75, 3.05) is 6.79 Å². The molecular formula is C17H9BrN2O6. The highest BCUT2D eigenvalue weighted by molar-refractivity contribution is 9.10. The lowest BCUT2D eigenvalue weighted by atomic mass is 10.1. The van der Waals surface area contributed by atoms with E-state index in [0.29, 0.717) is 27.1 Å². The highest BCUT2D eigenvalue weighted by Gasteiger charge is 2.25. The van der Waals surface area contributed by atoms with Crippen LogP contribution in [-0.4, -0.2) is 23.6 Å². The number of aliphatic imine (C=N–C) groups is 1. The summed E-state index contributed by atoms with van der Waals surface area (Å²) in [4.78, 5) is 26.5. The van der Waals surface area contributed by atoms with Crippen molar-refractivity contribution in [3.05, 3.63) is 67.8 Å². The van der Waals surface area contributed by atoms with E-state index in [0.717, 1.165) is 0 Å². The summed E-state index contributed by atoms with van der Waals surface area (Å²) in [7, 11) is 0. The molecule has 0 aromatic heterocycles. The molecule has 0 saturated heterocycles. The normalized spacial score (nSPS) is 16.6. The number of carbonyl (C=O) groups is 1. The Morgan fingerprint density at radius 3 is 2.54 bits per heavy atom. The monoisotopic (exact) mass is 416 g/mol. The number of halogens is 1. The molecule has 4 rings (SSSR count). The van der Waals surface area contributed by atoms with Crippen LogP contribution >= 0.6 is 15.9 Å². The Kier molecular flexibility index (Phi) is 3.92. The molecule has 0 aliphatic carbocycles. The Hall–Kier alpha value is -3.20. The van der Waals surface area contributed by atoms with Gasteiger partial charge in [-0.1, -0.05) is 15.9 Å². The van der Waals surface area contributed by atoms with Gasteiger partial charge in [-0.05, 0) is 35.9 Å². The predicted molar refractivity (Wildman–Crippen MR) is 94.0 cm³/mol. The fraction of sp³-hybridized carbons (Fsp3) is 0.0588. The first-order valence-corrected chi connectivity index (χ1v) is 8.17. The Balaban J connectivity index is 1.66. The molecule has 2 aliphatic rings. The maximum atomic E-state index is 12.1. The average Bonchev–Trinajstić information content (AvgIpc) is 3.22. The molecule has 2 aliphatic heterocycles. The minimum atomic E-state index is -0.608. The van der Waals surface area contributed by atoms with Crippen LogP contribution in [0.2, 0.25) is 0 Å². The molecule has 0 radical (unpaired) electrons. The van der Waals surface area contributed by atoms with Crippen molar-refractivity contribution in [2.45, 2.75) is 0 Å². The van der Waals surface area contributed by atoms with E-state index >= 15 is 0 Å². The van der Waals surface area contributed by atoms with Gasteiger partial charge in [0.15, 0.2) is 17.2 Å². The maximum Gasteiger partial charge on any atom is 0.363 e. The van der Waals surface area contributed by atoms with Crippen molar-refractivity contribution in [3.63, 3.8) is 0 Å². The number of fused-ring (bicyclic) bond motifs is 1. The molecule has 0 amide bonds. The van der Waals surface area contributed by atoms with Gasteiger partial charge in [0.25, 0.3) is 5.69 Å². The van der Waals surface area contributed by atoms with E-state index in [2.05, 4.69) is 20.9 Å². The number of benzene rings is 2. The van der Waals surface area contributed by atoms with Gasteiger partial charge in [-0.3, -0.25) is 10.1 Å². The zero-order chi connectivity index (χ0) is 18.3. The lowest BCUT2D eigenvalue weighted by molar-refractivity contribution is -0.384. The van der Waals surface area contributed by atoms with Crippen molar-refractivity contribution in [2.24, 2.45) is 4.99 Å². The van der Waals surface area contributed by atoms with E-state index in [-0.39, 0.29) is 24.1 Å². The lowest BCUT2D eigenvalue weighted by Gasteiger charge is -2.02. The van der Waals surface area contributed by atoms with Crippen LogP contribution in [0.15, 0.2) is 51.6 Å². The van der Waals surface area contributed by atoms with Crippen molar-refractivity contribution in [3.8, 4) is 11.5 Å². The molecule has 8 nitrogen and oxygen atoms in total. The fourth-order valence-corrected chi connectivity index (χ4v) is 2.89. The van der Waals surface area contributed by atoms with Crippen molar-refractivity contribution in [1.29, 1.82) is 0 Å². The van der Waals surface area contributed by atoms with Crippen molar-refractivity contribution < 1.29 is 23.9 Å². The molecule has 0 saturated carbocycles. The molecule has 0 bridgehead atoms. The summed E-state index contributed by atoms with van der Waals surface area (Å²) >= 11 is 3.41. The Bertz CT molecular complexity index is 997. The van der Waals surface area contributed by atoms with E-state index in [4.69, 9.17) is 14.2 Å². The molecule has 0 atom stereocenters. The van der Waals surface area contributed by atoms with Crippen LogP contribution in [0.1, 0.15) is 11.1 Å². The van der Waals surface area contributed by atoms with Crippen LogP contribution in [0.4, 0.5) is 5.69 Å². The quantitative estimate of drug-likeness (QED) is 0.328. The summed E-state index contributed by atoms with van der Waals surface area (Å²) in [5.74, 6) is 0.671. The summed E-state index contributed by atoms with van der Waals surface area (Å²) < 4.78 is 16.5. The number of nitro benzene ring substituents is 1. The number of nitro groups is 1. The van der Waals surface area contributed by atoms with Gasteiger partial charge in [-0.25, -0.2) is 9.79 Å². The minimum Gasteiger partial charge on any atom is -0.454 e. The van der Waals surface area contributed by atoms with Crippen molar-refractivity contribution >= 4 is 39.6 Å². The van der Waals surface area contributed by atoms with Gasteiger partial charge >= 0.3 is 5.97 Å². The first kappa shape index (κ1) is 16.3. The molecule has 0 fully saturated rings. The second-order valence-electron chi connectivity index (χ2n) is 5.37. The van der Waals surface area contributed by atoms with E-state index in [1.165, 1.54) is 24.3 Å². The number of nitrogens with zero attached hydrogens (tertiary/aromatic N) is 2.